The van der Waals surface area contributed by atoms with Gasteiger partial charge in [0.1, 0.15) is 0 Å². The zero-order chi connectivity index (χ0) is 12.3. The van der Waals surface area contributed by atoms with Crippen molar-refractivity contribution in [3.8, 4) is 0 Å². The van der Waals surface area contributed by atoms with E-state index in [-0.39, 0.29) is 5.91 Å². The average molecular weight is 252 g/mol. The van der Waals surface area contributed by atoms with E-state index >= 15 is 0 Å². The van der Waals surface area contributed by atoms with Gasteiger partial charge in [0.15, 0.2) is 0 Å². The smallest absolute Gasteiger partial charge is 0.223 e. The summed E-state index contributed by atoms with van der Waals surface area (Å²) in [6.45, 7) is 3.85. The van der Waals surface area contributed by atoms with Gasteiger partial charge in [-0.25, -0.2) is 0 Å². The third kappa shape index (κ3) is 2.81. The Morgan fingerprint density at radius 1 is 1.41 bits per heavy atom. The van der Waals surface area contributed by atoms with Gasteiger partial charge in [0.05, 0.1) is 0 Å². The second-order valence-corrected chi connectivity index (χ2v) is 5.00. The van der Waals surface area contributed by atoms with E-state index in [9.17, 15) is 4.79 Å². The van der Waals surface area contributed by atoms with Gasteiger partial charge in [-0.2, -0.15) is 0 Å². The van der Waals surface area contributed by atoms with Crippen LogP contribution in [0.5, 0.6) is 0 Å². The summed E-state index contributed by atoms with van der Waals surface area (Å²) in [7, 11) is 0. The van der Waals surface area contributed by atoms with E-state index in [1.165, 1.54) is 0 Å². The van der Waals surface area contributed by atoms with Gasteiger partial charge in [-0.1, -0.05) is 36.7 Å². The molecule has 1 atom stereocenters. The van der Waals surface area contributed by atoms with Crippen LogP contribution in [0.3, 0.4) is 0 Å². The van der Waals surface area contributed by atoms with Crippen molar-refractivity contribution in [2.24, 2.45) is 0 Å². The lowest BCUT2D eigenvalue weighted by Gasteiger charge is -2.32. The fraction of sp³-hybridized carbons (Fsp3) is 0.500. The van der Waals surface area contributed by atoms with Gasteiger partial charge in [0.2, 0.25) is 5.91 Å². The third-order valence-electron chi connectivity index (χ3n) is 3.36. The molecule has 0 radical (unpaired) electrons. The van der Waals surface area contributed by atoms with E-state index in [4.69, 9.17) is 11.6 Å². The zero-order valence-electron chi connectivity index (χ0n) is 10.2. The molecule has 1 aromatic rings. The first-order valence-electron chi connectivity index (χ1n) is 6.24. The highest BCUT2D eigenvalue weighted by Gasteiger charge is 2.27. The molecule has 0 aliphatic carbocycles. The zero-order valence-corrected chi connectivity index (χ0v) is 10.9. The van der Waals surface area contributed by atoms with Crippen LogP contribution in [0.1, 0.15) is 37.7 Å². The molecular formula is C14H18ClNO. The summed E-state index contributed by atoms with van der Waals surface area (Å²) in [5.74, 6) is 0.562. The van der Waals surface area contributed by atoms with Crippen molar-refractivity contribution in [2.75, 3.05) is 13.1 Å². The number of carbonyl (C=O) groups excluding carboxylic acids is 1. The molecule has 0 saturated carbocycles. The Balaban J connectivity index is 2.07. The maximum atomic E-state index is 12.0. The van der Waals surface area contributed by atoms with E-state index in [1.807, 2.05) is 29.2 Å². The van der Waals surface area contributed by atoms with Crippen molar-refractivity contribution in [2.45, 2.75) is 32.1 Å². The summed E-state index contributed by atoms with van der Waals surface area (Å²) in [6, 6.07) is 7.86. The van der Waals surface area contributed by atoms with Gasteiger partial charge in [0, 0.05) is 24.5 Å². The molecule has 1 unspecified atom stereocenters. The number of amides is 1. The van der Waals surface area contributed by atoms with Crippen molar-refractivity contribution in [1.29, 1.82) is 0 Å². The highest BCUT2D eigenvalue weighted by atomic mass is 35.5. The Morgan fingerprint density at radius 3 is 2.82 bits per heavy atom. The summed E-state index contributed by atoms with van der Waals surface area (Å²) < 4.78 is 0. The lowest BCUT2D eigenvalue weighted by molar-refractivity contribution is -0.133. The van der Waals surface area contributed by atoms with E-state index in [2.05, 4.69) is 6.92 Å². The number of rotatable bonds is 3. The molecule has 17 heavy (non-hydrogen) atoms. The van der Waals surface area contributed by atoms with Crippen LogP contribution in [0, 0.1) is 0 Å². The predicted molar refractivity (Wildman–Crippen MR) is 70.3 cm³/mol. The molecule has 0 aromatic heterocycles. The first-order valence-corrected chi connectivity index (χ1v) is 6.62. The van der Waals surface area contributed by atoms with Crippen LogP contribution < -0.4 is 0 Å². The second kappa shape index (κ2) is 5.54. The number of piperidine rings is 1. The molecule has 1 aliphatic rings. The fourth-order valence-corrected chi connectivity index (χ4v) is 2.75. The average Bonchev–Trinajstić information content (AvgIpc) is 2.33. The van der Waals surface area contributed by atoms with Crippen molar-refractivity contribution in [3.05, 3.63) is 34.9 Å². The largest absolute Gasteiger partial charge is 0.343 e. The van der Waals surface area contributed by atoms with Crippen molar-refractivity contribution < 1.29 is 4.79 Å². The molecule has 1 heterocycles. The van der Waals surface area contributed by atoms with Crippen LogP contribution in [-0.4, -0.2) is 23.9 Å². The van der Waals surface area contributed by atoms with Crippen LogP contribution in [0.2, 0.25) is 5.02 Å². The number of hydrogen-bond donors (Lipinski definition) is 0. The molecule has 2 nitrogen and oxygen atoms in total. The Labute approximate surface area is 108 Å². The number of carbonyl (C=O) groups is 1. The Morgan fingerprint density at radius 2 is 2.18 bits per heavy atom. The van der Waals surface area contributed by atoms with E-state index in [0.29, 0.717) is 12.3 Å². The Kier molecular flexibility index (Phi) is 4.06. The van der Waals surface area contributed by atoms with Gasteiger partial charge in [-0.05, 0) is 30.4 Å². The van der Waals surface area contributed by atoms with E-state index in [0.717, 1.165) is 36.5 Å². The maximum Gasteiger partial charge on any atom is 0.223 e. The molecule has 92 valence electrons. The molecular weight excluding hydrogens is 234 g/mol. The molecule has 1 amide bonds. The Bertz CT molecular complexity index is 405. The van der Waals surface area contributed by atoms with Crippen molar-refractivity contribution in [3.63, 3.8) is 0 Å². The molecule has 1 aliphatic heterocycles. The summed E-state index contributed by atoms with van der Waals surface area (Å²) in [4.78, 5) is 13.9. The predicted octanol–water partition coefficient (Wildman–Crippen LogP) is 3.46. The van der Waals surface area contributed by atoms with Gasteiger partial charge in [-0.15, -0.1) is 0 Å². The number of benzene rings is 1. The van der Waals surface area contributed by atoms with Gasteiger partial charge in [0.25, 0.3) is 0 Å². The first-order chi connectivity index (χ1) is 8.22. The van der Waals surface area contributed by atoms with Crippen LogP contribution in [0.15, 0.2) is 24.3 Å². The minimum Gasteiger partial charge on any atom is -0.343 e. The highest BCUT2D eigenvalue weighted by molar-refractivity contribution is 6.31. The molecule has 1 aromatic carbocycles. The number of halogens is 1. The summed E-state index contributed by atoms with van der Waals surface area (Å²) in [5.41, 5.74) is 1.12. The molecule has 0 bridgehead atoms. The topological polar surface area (TPSA) is 20.3 Å². The molecule has 0 spiro atoms. The summed E-state index contributed by atoms with van der Waals surface area (Å²) in [5, 5.41) is 0.786. The molecule has 3 heteroatoms. The van der Waals surface area contributed by atoms with Crippen LogP contribution in [0.25, 0.3) is 0 Å². The SMILES string of the molecule is CCCN1CCC(c2ccccc2Cl)CC1=O. The van der Waals surface area contributed by atoms with E-state index < -0.39 is 0 Å². The number of likely N-dealkylation sites (tertiary alicyclic amines) is 1. The van der Waals surface area contributed by atoms with Crippen molar-refractivity contribution >= 4 is 17.5 Å². The lowest BCUT2D eigenvalue weighted by Crippen LogP contribution is -2.38. The van der Waals surface area contributed by atoms with Crippen molar-refractivity contribution in [1.82, 2.24) is 4.90 Å². The monoisotopic (exact) mass is 251 g/mol. The summed E-state index contributed by atoms with van der Waals surface area (Å²) in [6.07, 6.45) is 2.65. The first kappa shape index (κ1) is 12.4. The van der Waals surface area contributed by atoms with Gasteiger partial charge < -0.3 is 4.90 Å². The standard InChI is InChI=1S/C14H18ClNO/c1-2-8-16-9-7-11(10-14(16)17)12-5-3-4-6-13(12)15/h3-6,11H,2,7-10H2,1H3. The molecule has 0 N–H and O–H groups in total. The molecule has 1 saturated heterocycles. The third-order valence-corrected chi connectivity index (χ3v) is 3.70. The minimum atomic E-state index is 0.267. The molecule has 2 rings (SSSR count). The lowest BCUT2D eigenvalue weighted by atomic mass is 9.89. The quantitative estimate of drug-likeness (QED) is 0.806. The van der Waals surface area contributed by atoms with Crippen LogP contribution in [0.4, 0.5) is 0 Å². The van der Waals surface area contributed by atoms with Gasteiger partial charge >= 0.3 is 0 Å². The van der Waals surface area contributed by atoms with Gasteiger partial charge in [-0.3, -0.25) is 4.79 Å². The summed E-state index contributed by atoms with van der Waals surface area (Å²) >= 11 is 6.18. The van der Waals surface area contributed by atoms with Crippen LogP contribution >= 0.6 is 11.6 Å². The highest BCUT2D eigenvalue weighted by Crippen LogP contribution is 2.33. The fourth-order valence-electron chi connectivity index (χ4n) is 2.46. The number of nitrogens with zero attached hydrogens (tertiary/aromatic N) is 1. The number of hydrogen-bond acceptors (Lipinski definition) is 1. The minimum absolute atomic E-state index is 0.267. The molecule has 1 fully saturated rings. The maximum absolute atomic E-state index is 12.0. The second-order valence-electron chi connectivity index (χ2n) is 4.59. The normalized spacial score (nSPS) is 20.7. The van der Waals surface area contributed by atoms with Crippen LogP contribution in [-0.2, 0) is 4.79 Å². The van der Waals surface area contributed by atoms with E-state index in [1.54, 1.807) is 0 Å². The Hall–Kier alpha value is -1.02.